The van der Waals surface area contributed by atoms with Crippen molar-refractivity contribution in [3.8, 4) is 0 Å². The van der Waals surface area contributed by atoms with Gasteiger partial charge in [0.2, 0.25) is 0 Å². The molecule has 0 radical (unpaired) electrons. The molecule has 0 heterocycles. The van der Waals surface area contributed by atoms with Gasteiger partial charge in [-0.25, -0.2) is 0 Å². The van der Waals surface area contributed by atoms with Crippen LogP contribution in [0, 0.1) is 0 Å². The van der Waals surface area contributed by atoms with Gasteiger partial charge >= 0.3 is 6.18 Å². The van der Waals surface area contributed by atoms with Crippen molar-refractivity contribution in [1.82, 2.24) is 0 Å². The molecule has 0 aliphatic carbocycles. The van der Waals surface area contributed by atoms with Gasteiger partial charge in [0, 0.05) is 0 Å². The molecule has 6 heteroatoms. The maximum Gasteiger partial charge on any atom is 0.416 e. The molecule has 0 fully saturated rings. The number of halogens is 3. The van der Waals surface area contributed by atoms with Crippen LogP contribution in [0.3, 0.4) is 0 Å². The fraction of sp³-hybridized carbons (Fsp3) is 0.222. The van der Waals surface area contributed by atoms with E-state index < -0.39 is 23.8 Å². The van der Waals surface area contributed by atoms with E-state index in [2.05, 4.69) is 0 Å². The van der Waals surface area contributed by atoms with Crippen LogP contribution in [-0.2, 0) is 11.0 Å². The lowest BCUT2D eigenvalue weighted by Gasteiger charge is -2.13. The third-order valence-electron chi connectivity index (χ3n) is 1.78. The zero-order valence-corrected chi connectivity index (χ0v) is 7.28. The number of aliphatic hydroxyl groups is 1. The van der Waals surface area contributed by atoms with Crippen LogP contribution >= 0.6 is 0 Å². The van der Waals surface area contributed by atoms with Crippen LogP contribution in [0.1, 0.15) is 17.2 Å². The van der Waals surface area contributed by atoms with Crippen molar-refractivity contribution in [3.63, 3.8) is 0 Å². The predicted molar refractivity (Wildman–Crippen MR) is 41.4 cm³/mol. The van der Waals surface area contributed by atoms with E-state index in [0.717, 1.165) is 12.1 Å². The molecule has 0 saturated heterocycles. The highest BCUT2D eigenvalue weighted by molar-refractivity contribution is 5.71. The van der Waals surface area contributed by atoms with Crippen LogP contribution in [-0.4, -0.2) is 11.1 Å². The Hall–Kier alpha value is -1.56. The van der Waals surface area contributed by atoms with Gasteiger partial charge in [0.1, 0.15) is 6.10 Å². The molecular formula is C9H6F3O3-. The Morgan fingerprint density at radius 2 is 1.73 bits per heavy atom. The van der Waals surface area contributed by atoms with E-state index in [1.807, 2.05) is 0 Å². The fourth-order valence-corrected chi connectivity index (χ4v) is 0.990. The van der Waals surface area contributed by atoms with E-state index in [0.29, 0.717) is 12.1 Å². The lowest BCUT2D eigenvalue weighted by Crippen LogP contribution is -2.29. The molecule has 0 aromatic heterocycles. The van der Waals surface area contributed by atoms with Crippen LogP contribution in [0.2, 0.25) is 0 Å². The standard InChI is InChI=1S/C9H7F3O3/c10-9(11,12)6-3-1-5(2-4-6)7(13)8(14)15/h1-4,7,13H,(H,14,15)/p-1/t7-/m1/s1. The monoisotopic (exact) mass is 219 g/mol. The first-order valence-corrected chi connectivity index (χ1v) is 3.88. The molecule has 15 heavy (non-hydrogen) atoms. The first-order chi connectivity index (χ1) is 6.82. The summed E-state index contributed by atoms with van der Waals surface area (Å²) in [5.41, 5.74) is -1.06. The highest BCUT2D eigenvalue weighted by Crippen LogP contribution is 2.29. The van der Waals surface area contributed by atoms with Crippen LogP contribution in [0.4, 0.5) is 13.2 Å². The van der Waals surface area contributed by atoms with E-state index in [4.69, 9.17) is 5.11 Å². The average molecular weight is 219 g/mol. The molecule has 1 aromatic rings. The minimum Gasteiger partial charge on any atom is -0.547 e. The van der Waals surface area contributed by atoms with E-state index >= 15 is 0 Å². The van der Waals surface area contributed by atoms with Crippen molar-refractivity contribution in [1.29, 1.82) is 0 Å². The summed E-state index contributed by atoms with van der Waals surface area (Å²) in [5, 5.41) is 19.1. The van der Waals surface area contributed by atoms with Crippen LogP contribution in [0.15, 0.2) is 24.3 Å². The van der Waals surface area contributed by atoms with Crippen LogP contribution in [0.5, 0.6) is 0 Å². The van der Waals surface area contributed by atoms with Crippen LogP contribution < -0.4 is 5.11 Å². The molecule has 1 atom stereocenters. The lowest BCUT2D eigenvalue weighted by atomic mass is 10.1. The van der Waals surface area contributed by atoms with Crippen molar-refractivity contribution < 1.29 is 28.2 Å². The number of carboxylic acid groups (broad SMARTS) is 1. The number of alkyl halides is 3. The van der Waals surface area contributed by atoms with Gasteiger partial charge in [-0.05, 0) is 17.7 Å². The largest absolute Gasteiger partial charge is 0.547 e. The third kappa shape index (κ3) is 2.69. The number of rotatable bonds is 2. The highest BCUT2D eigenvalue weighted by atomic mass is 19.4. The van der Waals surface area contributed by atoms with Crippen LogP contribution in [0.25, 0.3) is 0 Å². The second-order valence-corrected chi connectivity index (χ2v) is 2.84. The molecule has 1 aromatic carbocycles. The number of aliphatic hydroxyl groups excluding tert-OH is 1. The molecule has 0 bridgehead atoms. The number of aliphatic carboxylic acids is 1. The molecular weight excluding hydrogens is 213 g/mol. The summed E-state index contributed by atoms with van der Waals surface area (Å²) in [4.78, 5) is 10.2. The Bertz CT molecular complexity index is 356. The summed E-state index contributed by atoms with van der Waals surface area (Å²) >= 11 is 0. The molecule has 1 rings (SSSR count). The number of carboxylic acids is 1. The minimum atomic E-state index is -4.48. The van der Waals surface area contributed by atoms with E-state index in [-0.39, 0.29) is 5.56 Å². The Balaban J connectivity index is 2.95. The smallest absolute Gasteiger partial charge is 0.416 e. The van der Waals surface area contributed by atoms with Crippen molar-refractivity contribution in [2.24, 2.45) is 0 Å². The maximum atomic E-state index is 12.1. The third-order valence-corrected chi connectivity index (χ3v) is 1.78. The molecule has 0 spiro atoms. The molecule has 0 saturated carbocycles. The summed E-state index contributed by atoms with van der Waals surface area (Å²) < 4.78 is 36.3. The SMILES string of the molecule is O=C([O-])[C@H](O)c1ccc(C(F)(F)F)cc1. The molecule has 3 nitrogen and oxygen atoms in total. The predicted octanol–water partition coefficient (Wildman–Crippen LogP) is 0.489. The Kier molecular flexibility index (Phi) is 2.99. The second-order valence-electron chi connectivity index (χ2n) is 2.84. The van der Waals surface area contributed by atoms with E-state index in [1.54, 1.807) is 0 Å². The Morgan fingerprint density at radius 3 is 2.07 bits per heavy atom. The maximum absolute atomic E-state index is 12.1. The Morgan fingerprint density at radius 1 is 1.27 bits per heavy atom. The lowest BCUT2D eigenvalue weighted by molar-refractivity contribution is -0.315. The van der Waals surface area contributed by atoms with Gasteiger partial charge in [-0.1, -0.05) is 12.1 Å². The van der Waals surface area contributed by atoms with Gasteiger partial charge in [0.25, 0.3) is 0 Å². The summed E-state index contributed by atoms with van der Waals surface area (Å²) in [5.74, 6) is -1.75. The normalized spacial score (nSPS) is 13.6. The zero-order chi connectivity index (χ0) is 11.6. The zero-order valence-electron chi connectivity index (χ0n) is 7.28. The summed E-state index contributed by atoms with van der Waals surface area (Å²) in [6.07, 6.45) is -6.39. The summed E-state index contributed by atoms with van der Waals surface area (Å²) in [6, 6.07) is 3.18. The number of benzene rings is 1. The van der Waals surface area contributed by atoms with Crippen molar-refractivity contribution >= 4 is 5.97 Å². The first-order valence-electron chi connectivity index (χ1n) is 3.88. The molecule has 0 aliphatic rings. The minimum absolute atomic E-state index is 0.150. The highest BCUT2D eigenvalue weighted by Gasteiger charge is 2.30. The quantitative estimate of drug-likeness (QED) is 0.787. The summed E-state index contributed by atoms with van der Waals surface area (Å²) in [6.45, 7) is 0. The van der Waals surface area contributed by atoms with Gasteiger partial charge in [-0.15, -0.1) is 0 Å². The number of hydrogen-bond acceptors (Lipinski definition) is 3. The van der Waals surface area contributed by atoms with E-state index in [1.165, 1.54) is 0 Å². The first kappa shape index (κ1) is 11.5. The van der Waals surface area contributed by atoms with E-state index in [9.17, 15) is 23.1 Å². The van der Waals surface area contributed by atoms with Gasteiger partial charge < -0.3 is 15.0 Å². The van der Waals surface area contributed by atoms with Crippen molar-refractivity contribution in [3.05, 3.63) is 35.4 Å². The summed E-state index contributed by atoms with van der Waals surface area (Å²) in [7, 11) is 0. The number of carbonyl (C=O) groups excluding carboxylic acids is 1. The second kappa shape index (κ2) is 3.90. The number of carbonyl (C=O) groups is 1. The Labute approximate surface area is 82.8 Å². The van der Waals surface area contributed by atoms with Gasteiger partial charge in [0.05, 0.1) is 11.5 Å². The van der Waals surface area contributed by atoms with Crippen molar-refractivity contribution in [2.45, 2.75) is 12.3 Å². The molecule has 0 aliphatic heterocycles. The molecule has 82 valence electrons. The van der Waals surface area contributed by atoms with Gasteiger partial charge in [-0.2, -0.15) is 13.2 Å². The topological polar surface area (TPSA) is 60.4 Å². The molecule has 0 amide bonds. The molecule has 1 N–H and O–H groups in total. The van der Waals surface area contributed by atoms with Gasteiger partial charge in [0.15, 0.2) is 0 Å². The van der Waals surface area contributed by atoms with Crippen molar-refractivity contribution in [2.75, 3.05) is 0 Å². The average Bonchev–Trinajstić information content (AvgIpc) is 2.15. The number of hydrogen-bond donors (Lipinski definition) is 1. The molecule has 0 unspecified atom stereocenters. The fourth-order valence-electron chi connectivity index (χ4n) is 0.990. The van der Waals surface area contributed by atoms with Gasteiger partial charge in [-0.3, -0.25) is 0 Å².